The van der Waals surface area contributed by atoms with E-state index in [2.05, 4.69) is 0 Å². The first-order valence-electron chi connectivity index (χ1n) is 5.56. The third-order valence-electron chi connectivity index (χ3n) is 3.47. The summed E-state index contributed by atoms with van der Waals surface area (Å²) in [5.74, 6) is -1.95. The number of benzene rings is 1. The van der Waals surface area contributed by atoms with Crippen molar-refractivity contribution < 1.29 is 22.7 Å². The smallest absolute Gasteiger partial charge is 0.314 e. The van der Waals surface area contributed by atoms with Crippen LogP contribution in [0.5, 0.6) is 0 Å². The molecule has 1 aromatic rings. The molecule has 18 heavy (non-hydrogen) atoms. The lowest BCUT2D eigenvalue weighted by Gasteiger charge is -2.33. The average Bonchev–Trinajstić information content (AvgIpc) is 2.29. The second-order valence-corrected chi connectivity index (χ2v) is 6.85. The Bertz CT molecular complexity index is 565. The topological polar surface area (TPSA) is 71.4 Å². The van der Waals surface area contributed by atoms with Gasteiger partial charge < -0.3 is 5.11 Å². The fraction of sp³-hybridized carbons (Fsp3) is 0.417. The van der Waals surface area contributed by atoms with Crippen LogP contribution in [0.1, 0.15) is 18.4 Å². The molecule has 0 radical (unpaired) electrons. The van der Waals surface area contributed by atoms with Gasteiger partial charge in [-0.2, -0.15) is 0 Å². The van der Waals surface area contributed by atoms with Gasteiger partial charge >= 0.3 is 5.97 Å². The third-order valence-corrected chi connectivity index (χ3v) is 5.12. The molecule has 98 valence electrons. The van der Waals surface area contributed by atoms with Crippen molar-refractivity contribution in [1.82, 2.24) is 0 Å². The van der Waals surface area contributed by atoms with Crippen LogP contribution in [-0.2, 0) is 20.0 Å². The number of hydrogen-bond donors (Lipinski definition) is 1. The molecule has 1 N–H and O–H groups in total. The summed E-state index contributed by atoms with van der Waals surface area (Å²) in [4.78, 5) is 11.5. The van der Waals surface area contributed by atoms with Gasteiger partial charge in [0.05, 0.1) is 16.9 Å². The van der Waals surface area contributed by atoms with Crippen LogP contribution in [0, 0.1) is 5.82 Å². The lowest BCUT2D eigenvalue weighted by atomic mass is 9.75. The molecule has 0 unspecified atom stereocenters. The van der Waals surface area contributed by atoms with Crippen LogP contribution in [0.4, 0.5) is 4.39 Å². The van der Waals surface area contributed by atoms with Crippen LogP contribution in [0.3, 0.4) is 0 Å². The molecule has 1 saturated heterocycles. The summed E-state index contributed by atoms with van der Waals surface area (Å²) in [6.45, 7) is 0. The van der Waals surface area contributed by atoms with Crippen LogP contribution in [-0.4, -0.2) is 31.0 Å². The second kappa shape index (κ2) is 4.35. The minimum Gasteiger partial charge on any atom is -0.481 e. The van der Waals surface area contributed by atoms with Gasteiger partial charge in [-0.05, 0) is 30.5 Å². The van der Waals surface area contributed by atoms with Crippen molar-refractivity contribution >= 4 is 15.8 Å². The monoisotopic (exact) mass is 272 g/mol. The van der Waals surface area contributed by atoms with E-state index in [0.29, 0.717) is 5.56 Å². The Morgan fingerprint density at radius 3 is 2.39 bits per heavy atom. The Labute approximate surface area is 104 Å². The average molecular weight is 272 g/mol. The number of carbonyl (C=O) groups is 1. The van der Waals surface area contributed by atoms with E-state index in [0.717, 1.165) is 0 Å². The Kier molecular flexibility index (Phi) is 3.14. The van der Waals surface area contributed by atoms with Crippen molar-refractivity contribution in [1.29, 1.82) is 0 Å². The molecular weight excluding hydrogens is 259 g/mol. The van der Waals surface area contributed by atoms with Gasteiger partial charge in [0, 0.05) is 0 Å². The third kappa shape index (κ3) is 2.25. The highest BCUT2D eigenvalue weighted by Gasteiger charge is 2.45. The van der Waals surface area contributed by atoms with Gasteiger partial charge in [0.25, 0.3) is 0 Å². The Morgan fingerprint density at radius 1 is 1.28 bits per heavy atom. The summed E-state index contributed by atoms with van der Waals surface area (Å²) in [7, 11) is -3.16. The van der Waals surface area contributed by atoms with Crippen molar-refractivity contribution in [3.63, 3.8) is 0 Å². The van der Waals surface area contributed by atoms with Gasteiger partial charge in [-0.1, -0.05) is 12.1 Å². The van der Waals surface area contributed by atoms with Gasteiger partial charge in [-0.3, -0.25) is 4.79 Å². The molecular formula is C12H13FO4S. The molecule has 1 heterocycles. The summed E-state index contributed by atoms with van der Waals surface area (Å²) < 4.78 is 36.0. The summed E-state index contributed by atoms with van der Waals surface area (Å²) in [5.41, 5.74) is -0.946. The molecule has 4 nitrogen and oxygen atoms in total. The molecule has 0 aromatic heterocycles. The highest BCUT2D eigenvalue weighted by Crippen LogP contribution is 2.37. The van der Waals surface area contributed by atoms with Gasteiger partial charge in [0.15, 0.2) is 0 Å². The van der Waals surface area contributed by atoms with Gasteiger partial charge in [-0.25, -0.2) is 12.8 Å². The van der Waals surface area contributed by atoms with E-state index in [9.17, 15) is 22.7 Å². The number of halogens is 1. The Balaban J connectivity index is 2.44. The number of carboxylic acid groups (broad SMARTS) is 1. The van der Waals surface area contributed by atoms with Crippen LogP contribution >= 0.6 is 0 Å². The van der Waals surface area contributed by atoms with Gasteiger partial charge in [-0.15, -0.1) is 0 Å². The number of sulfone groups is 1. The Hall–Kier alpha value is -1.43. The molecule has 2 rings (SSSR count). The maximum atomic E-state index is 13.2. The highest BCUT2D eigenvalue weighted by molar-refractivity contribution is 7.91. The highest BCUT2D eigenvalue weighted by atomic mass is 32.2. The van der Waals surface area contributed by atoms with Crippen LogP contribution < -0.4 is 0 Å². The predicted octanol–water partition coefficient (Wildman–Crippen LogP) is 1.36. The SMILES string of the molecule is O=C(O)C1(c2cccc(F)c2)CCS(=O)(=O)CC1. The number of rotatable bonds is 2. The van der Waals surface area contributed by atoms with E-state index in [1.54, 1.807) is 0 Å². The molecule has 1 aliphatic heterocycles. The molecule has 0 atom stereocenters. The van der Waals surface area contributed by atoms with Crippen LogP contribution in [0.2, 0.25) is 0 Å². The predicted molar refractivity (Wildman–Crippen MR) is 63.6 cm³/mol. The quantitative estimate of drug-likeness (QED) is 0.882. The van der Waals surface area contributed by atoms with Crippen LogP contribution in [0.25, 0.3) is 0 Å². The van der Waals surface area contributed by atoms with Crippen molar-refractivity contribution in [2.24, 2.45) is 0 Å². The molecule has 0 aliphatic carbocycles. The Morgan fingerprint density at radius 2 is 1.89 bits per heavy atom. The molecule has 1 aromatic carbocycles. The number of carboxylic acids is 1. The second-order valence-electron chi connectivity index (χ2n) is 4.55. The van der Waals surface area contributed by atoms with Gasteiger partial charge in [0.2, 0.25) is 0 Å². The fourth-order valence-corrected chi connectivity index (χ4v) is 3.82. The van der Waals surface area contributed by atoms with Gasteiger partial charge in [0.1, 0.15) is 15.7 Å². The molecule has 0 spiro atoms. The number of aliphatic carboxylic acids is 1. The van der Waals surface area contributed by atoms with E-state index in [1.807, 2.05) is 0 Å². The molecule has 1 fully saturated rings. The zero-order valence-electron chi connectivity index (χ0n) is 9.60. The number of hydrogen-bond acceptors (Lipinski definition) is 3. The summed E-state index contributed by atoms with van der Waals surface area (Å²) in [6.07, 6.45) is -0.0117. The van der Waals surface area contributed by atoms with E-state index in [4.69, 9.17) is 0 Å². The summed E-state index contributed by atoms with van der Waals surface area (Å²) >= 11 is 0. The maximum Gasteiger partial charge on any atom is 0.314 e. The molecule has 0 saturated carbocycles. The standard InChI is InChI=1S/C12H13FO4S/c13-10-3-1-2-9(8-10)12(11(14)15)4-6-18(16,17)7-5-12/h1-3,8H,4-7H2,(H,14,15). The van der Waals surface area contributed by atoms with Crippen molar-refractivity contribution in [2.75, 3.05) is 11.5 Å². The lowest BCUT2D eigenvalue weighted by Crippen LogP contribution is -2.43. The normalized spacial score (nSPS) is 21.4. The molecule has 6 heteroatoms. The van der Waals surface area contributed by atoms with E-state index >= 15 is 0 Å². The van der Waals surface area contributed by atoms with E-state index in [1.165, 1.54) is 24.3 Å². The van der Waals surface area contributed by atoms with Crippen molar-refractivity contribution in [2.45, 2.75) is 18.3 Å². The minimum absolute atomic E-state index is 0.00583. The molecule has 1 aliphatic rings. The maximum absolute atomic E-state index is 13.2. The minimum atomic E-state index is -3.16. The van der Waals surface area contributed by atoms with Crippen LogP contribution in [0.15, 0.2) is 24.3 Å². The molecule has 0 bridgehead atoms. The first-order valence-corrected chi connectivity index (χ1v) is 7.38. The van der Waals surface area contributed by atoms with E-state index < -0.39 is 27.0 Å². The zero-order valence-corrected chi connectivity index (χ0v) is 10.4. The lowest BCUT2D eigenvalue weighted by molar-refractivity contribution is -0.144. The fourth-order valence-electron chi connectivity index (χ4n) is 2.30. The first kappa shape index (κ1) is 13.0. The summed E-state index contributed by atoms with van der Waals surface area (Å²) in [5, 5.41) is 9.39. The van der Waals surface area contributed by atoms with Crippen molar-refractivity contribution in [3.05, 3.63) is 35.6 Å². The zero-order chi connectivity index (χ0) is 13.4. The largest absolute Gasteiger partial charge is 0.481 e. The summed E-state index contributed by atoms with van der Waals surface area (Å²) in [6, 6.07) is 5.39. The van der Waals surface area contributed by atoms with E-state index in [-0.39, 0.29) is 24.3 Å². The molecule has 0 amide bonds. The van der Waals surface area contributed by atoms with Crippen molar-refractivity contribution in [3.8, 4) is 0 Å². The first-order chi connectivity index (χ1) is 8.36.